The summed E-state index contributed by atoms with van der Waals surface area (Å²) in [7, 11) is 2.00. The Balaban J connectivity index is 2.15. The molecular weight excluding hydrogens is 236 g/mol. The Hall–Kier alpha value is -0.870. The van der Waals surface area contributed by atoms with E-state index in [4.69, 9.17) is 11.6 Å². The molecule has 2 rings (SSSR count). The second kappa shape index (κ2) is 5.65. The number of aromatic nitrogens is 2. The third-order valence-corrected chi connectivity index (χ3v) is 3.33. The average molecular weight is 255 g/mol. The standard InChI is InChI=1S/C12H19ClN4/c1-3-4-9-7-11(16-12(13)15-9)17-6-5-10(8-17)14-2/h7,10,14H,3-6,8H2,1-2H3. The number of halogens is 1. The molecule has 0 amide bonds. The van der Waals surface area contributed by atoms with Crippen molar-refractivity contribution in [3.63, 3.8) is 0 Å². The molecule has 0 aliphatic carbocycles. The summed E-state index contributed by atoms with van der Waals surface area (Å²) < 4.78 is 0. The second-order valence-electron chi connectivity index (χ2n) is 4.46. The Morgan fingerprint density at radius 1 is 1.53 bits per heavy atom. The van der Waals surface area contributed by atoms with E-state index in [1.54, 1.807) is 0 Å². The van der Waals surface area contributed by atoms with Crippen molar-refractivity contribution >= 4 is 17.4 Å². The molecule has 0 aromatic carbocycles. The van der Waals surface area contributed by atoms with Crippen LogP contribution in [0.25, 0.3) is 0 Å². The van der Waals surface area contributed by atoms with Crippen molar-refractivity contribution in [2.45, 2.75) is 32.2 Å². The van der Waals surface area contributed by atoms with Gasteiger partial charge in [0, 0.05) is 30.9 Å². The summed E-state index contributed by atoms with van der Waals surface area (Å²) in [6, 6.07) is 2.62. The number of hydrogen-bond donors (Lipinski definition) is 1. The average Bonchev–Trinajstić information content (AvgIpc) is 2.77. The van der Waals surface area contributed by atoms with E-state index in [-0.39, 0.29) is 0 Å². The van der Waals surface area contributed by atoms with Gasteiger partial charge in [-0.05, 0) is 31.5 Å². The lowest BCUT2D eigenvalue weighted by Crippen LogP contribution is -2.30. The molecule has 1 aromatic rings. The fourth-order valence-electron chi connectivity index (χ4n) is 2.20. The van der Waals surface area contributed by atoms with Crippen LogP contribution in [0.2, 0.25) is 5.28 Å². The van der Waals surface area contributed by atoms with Crippen molar-refractivity contribution in [2.75, 3.05) is 25.0 Å². The molecular formula is C12H19ClN4. The predicted molar refractivity (Wildman–Crippen MR) is 70.7 cm³/mol. The highest BCUT2D eigenvalue weighted by Crippen LogP contribution is 2.20. The third kappa shape index (κ3) is 3.07. The number of likely N-dealkylation sites (N-methyl/N-ethyl adjacent to an activating group) is 1. The van der Waals surface area contributed by atoms with Crippen LogP contribution in [-0.4, -0.2) is 36.1 Å². The van der Waals surface area contributed by atoms with E-state index >= 15 is 0 Å². The molecule has 1 aliphatic rings. The summed E-state index contributed by atoms with van der Waals surface area (Å²) in [5.74, 6) is 0.964. The lowest BCUT2D eigenvalue weighted by molar-refractivity contribution is 0.616. The normalized spacial score (nSPS) is 19.9. The zero-order valence-electron chi connectivity index (χ0n) is 10.4. The van der Waals surface area contributed by atoms with Gasteiger partial charge in [-0.3, -0.25) is 0 Å². The maximum absolute atomic E-state index is 5.97. The summed E-state index contributed by atoms with van der Waals surface area (Å²) in [4.78, 5) is 10.8. The number of nitrogens with zero attached hydrogens (tertiary/aromatic N) is 3. The van der Waals surface area contributed by atoms with Gasteiger partial charge in [0.25, 0.3) is 0 Å². The van der Waals surface area contributed by atoms with Crippen LogP contribution in [0, 0.1) is 0 Å². The van der Waals surface area contributed by atoms with Crippen molar-refractivity contribution in [1.82, 2.24) is 15.3 Å². The molecule has 1 unspecified atom stereocenters. The summed E-state index contributed by atoms with van der Waals surface area (Å²) in [5, 5.41) is 3.66. The molecule has 1 N–H and O–H groups in total. The molecule has 0 bridgehead atoms. The van der Waals surface area contributed by atoms with E-state index in [1.807, 2.05) is 7.05 Å². The predicted octanol–water partition coefficient (Wildman–Crippen LogP) is 1.88. The SMILES string of the molecule is CCCc1cc(N2CCC(NC)C2)nc(Cl)n1. The summed E-state index contributed by atoms with van der Waals surface area (Å²) in [5.41, 5.74) is 1.04. The highest BCUT2D eigenvalue weighted by Gasteiger charge is 2.22. The Kier molecular flexibility index (Phi) is 4.18. The van der Waals surface area contributed by atoms with Crippen molar-refractivity contribution in [1.29, 1.82) is 0 Å². The van der Waals surface area contributed by atoms with Crippen LogP contribution < -0.4 is 10.2 Å². The molecule has 4 nitrogen and oxygen atoms in total. The monoisotopic (exact) mass is 254 g/mol. The van der Waals surface area contributed by atoms with Gasteiger partial charge in [-0.15, -0.1) is 0 Å². The maximum atomic E-state index is 5.97. The first-order valence-corrected chi connectivity index (χ1v) is 6.56. The summed E-state index contributed by atoms with van der Waals surface area (Å²) in [6.07, 6.45) is 3.19. The molecule has 1 aliphatic heterocycles. The van der Waals surface area contributed by atoms with Crippen LogP contribution in [0.4, 0.5) is 5.82 Å². The van der Waals surface area contributed by atoms with Crippen LogP contribution in [0.1, 0.15) is 25.5 Å². The lowest BCUT2D eigenvalue weighted by atomic mass is 10.2. The highest BCUT2D eigenvalue weighted by molar-refractivity contribution is 6.28. The Labute approximate surface area is 107 Å². The Morgan fingerprint density at radius 2 is 2.35 bits per heavy atom. The van der Waals surface area contributed by atoms with Crippen LogP contribution in [-0.2, 0) is 6.42 Å². The molecule has 1 fully saturated rings. The summed E-state index contributed by atoms with van der Waals surface area (Å²) in [6.45, 7) is 4.17. The lowest BCUT2D eigenvalue weighted by Gasteiger charge is -2.18. The fraction of sp³-hybridized carbons (Fsp3) is 0.667. The van der Waals surface area contributed by atoms with Gasteiger partial charge >= 0.3 is 0 Å². The fourth-order valence-corrected chi connectivity index (χ4v) is 2.40. The van der Waals surface area contributed by atoms with Crippen LogP contribution in [0.3, 0.4) is 0 Å². The first kappa shape index (κ1) is 12.6. The van der Waals surface area contributed by atoms with E-state index < -0.39 is 0 Å². The van der Waals surface area contributed by atoms with Gasteiger partial charge < -0.3 is 10.2 Å². The second-order valence-corrected chi connectivity index (χ2v) is 4.79. The molecule has 0 saturated carbocycles. The molecule has 94 valence electrons. The zero-order valence-corrected chi connectivity index (χ0v) is 11.2. The van der Waals surface area contributed by atoms with Crippen LogP contribution >= 0.6 is 11.6 Å². The van der Waals surface area contributed by atoms with E-state index in [0.29, 0.717) is 11.3 Å². The van der Waals surface area contributed by atoms with Crippen molar-refractivity contribution < 1.29 is 0 Å². The molecule has 1 saturated heterocycles. The van der Waals surface area contributed by atoms with Gasteiger partial charge in [-0.2, -0.15) is 0 Å². The molecule has 5 heteroatoms. The van der Waals surface area contributed by atoms with Crippen molar-refractivity contribution in [3.8, 4) is 0 Å². The van der Waals surface area contributed by atoms with Gasteiger partial charge in [-0.1, -0.05) is 13.3 Å². The topological polar surface area (TPSA) is 41.0 Å². The Bertz CT molecular complexity index is 383. The van der Waals surface area contributed by atoms with E-state index in [9.17, 15) is 0 Å². The molecule has 0 spiro atoms. The van der Waals surface area contributed by atoms with Crippen molar-refractivity contribution in [3.05, 3.63) is 17.0 Å². The van der Waals surface area contributed by atoms with Crippen LogP contribution in [0.5, 0.6) is 0 Å². The number of nitrogens with one attached hydrogen (secondary N) is 1. The van der Waals surface area contributed by atoms with E-state index in [2.05, 4.69) is 33.2 Å². The molecule has 1 aromatic heterocycles. The molecule has 2 heterocycles. The number of anilines is 1. The number of aryl methyl sites for hydroxylation is 1. The van der Waals surface area contributed by atoms with Gasteiger partial charge in [0.05, 0.1) is 0 Å². The van der Waals surface area contributed by atoms with Crippen molar-refractivity contribution in [2.24, 2.45) is 0 Å². The number of hydrogen-bond acceptors (Lipinski definition) is 4. The highest BCUT2D eigenvalue weighted by atomic mass is 35.5. The Morgan fingerprint density at radius 3 is 3.00 bits per heavy atom. The molecule has 17 heavy (non-hydrogen) atoms. The van der Waals surface area contributed by atoms with Gasteiger partial charge in [0.1, 0.15) is 5.82 Å². The van der Waals surface area contributed by atoms with Gasteiger partial charge in [-0.25, -0.2) is 9.97 Å². The third-order valence-electron chi connectivity index (χ3n) is 3.17. The van der Waals surface area contributed by atoms with E-state index in [0.717, 1.165) is 43.9 Å². The minimum atomic E-state index is 0.360. The zero-order chi connectivity index (χ0) is 12.3. The largest absolute Gasteiger partial charge is 0.355 e. The maximum Gasteiger partial charge on any atom is 0.224 e. The minimum Gasteiger partial charge on any atom is -0.355 e. The first-order valence-electron chi connectivity index (χ1n) is 6.18. The summed E-state index contributed by atoms with van der Waals surface area (Å²) >= 11 is 5.97. The molecule has 1 atom stereocenters. The smallest absolute Gasteiger partial charge is 0.224 e. The van der Waals surface area contributed by atoms with E-state index in [1.165, 1.54) is 0 Å². The minimum absolute atomic E-state index is 0.360. The van der Waals surface area contributed by atoms with Gasteiger partial charge in [0.15, 0.2) is 0 Å². The number of rotatable bonds is 4. The quantitative estimate of drug-likeness (QED) is 0.833. The first-order chi connectivity index (χ1) is 8.22. The van der Waals surface area contributed by atoms with Gasteiger partial charge in [0.2, 0.25) is 5.28 Å². The molecule has 0 radical (unpaired) electrons. The van der Waals surface area contributed by atoms with Crippen LogP contribution in [0.15, 0.2) is 6.07 Å².